The molecule has 0 aliphatic rings. The molecule has 142 valence electrons. The highest BCUT2D eigenvalue weighted by Crippen LogP contribution is 2.25. The Labute approximate surface area is 149 Å². The summed E-state index contributed by atoms with van der Waals surface area (Å²) in [7, 11) is 1.49. The van der Waals surface area contributed by atoms with Gasteiger partial charge < -0.3 is 10.6 Å². The highest BCUT2D eigenvalue weighted by atomic mass is 19.3. The predicted molar refractivity (Wildman–Crippen MR) is 91.7 cm³/mol. The van der Waals surface area contributed by atoms with Crippen LogP contribution >= 0.6 is 0 Å². The maximum atomic E-state index is 12.9. The van der Waals surface area contributed by atoms with Crippen molar-refractivity contribution in [2.75, 3.05) is 10.6 Å². The molecular weight excluding hydrogens is 346 g/mol. The van der Waals surface area contributed by atoms with Crippen LogP contribution in [-0.2, 0) is 23.2 Å². The number of rotatable bonds is 6. The third-order valence-corrected chi connectivity index (χ3v) is 3.25. The minimum absolute atomic E-state index is 0.0432. The van der Waals surface area contributed by atoms with Crippen molar-refractivity contribution in [3.05, 3.63) is 24.3 Å². The molecule has 8 nitrogen and oxygen atoms in total. The number of alkyl halides is 2. The van der Waals surface area contributed by atoms with Crippen LogP contribution in [0.15, 0.2) is 18.6 Å². The van der Waals surface area contributed by atoms with E-state index in [0.29, 0.717) is 12.1 Å². The number of carbonyl (C=O) groups is 2. The Morgan fingerprint density at radius 2 is 1.88 bits per heavy atom. The van der Waals surface area contributed by atoms with Crippen molar-refractivity contribution in [1.82, 2.24) is 19.6 Å². The summed E-state index contributed by atoms with van der Waals surface area (Å²) in [5.74, 6) is -0.686. The predicted octanol–water partition coefficient (Wildman–Crippen LogP) is 2.57. The van der Waals surface area contributed by atoms with Gasteiger partial charge in [-0.2, -0.15) is 10.2 Å². The molecule has 10 heteroatoms. The van der Waals surface area contributed by atoms with Crippen LogP contribution < -0.4 is 10.6 Å². The third-order valence-electron chi connectivity index (χ3n) is 3.25. The molecule has 0 unspecified atom stereocenters. The van der Waals surface area contributed by atoms with Crippen molar-refractivity contribution in [3.63, 3.8) is 0 Å². The van der Waals surface area contributed by atoms with Crippen molar-refractivity contribution < 1.29 is 18.4 Å². The van der Waals surface area contributed by atoms with Gasteiger partial charge in [-0.3, -0.25) is 19.0 Å². The van der Waals surface area contributed by atoms with E-state index in [-0.39, 0.29) is 23.6 Å². The fourth-order valence-electron chi connectivity index (χ4n) is 2.30. The molecule has 0 radical (unpaired) electrons. The summed E-state index contributed by atoms with van der Waals surface area (Å²) in [4.78, 5) is 23.9. The Morgan fingerprint density at radius 3 is 2.50 bits per heavy atom. The molecule has 0 fully saturated rings. The average molecular weight is 368 g/mol. The van der Waals surface area contributed by atoms with Gasteiger partial charge in [-0.25, -0.2) is 8.78 Å². The zero-order valence-electron chi connectivity index (χ0n) is 15.1. The van der Waals surface area contributed by atoms with Crippen molar-refractivity contribution in [1.29, 1.82) is 0 Å². The van der Waals surface area contributed by atoms with Crippen LogP contribution in [0.25, 0.3) is 0 Å². The van der Waals surface area contributed by atoms with Crippen LogP contribution in [0.3, 0.4) is 0 Å². The van der Waals surface area contributed by atoms with Gasteiger partial charge in [0.25, 0.3) is 6.43 Å². The van der Waals surface area contributed by atoms with Gasteiger partial charge in [0.2, 0.25) is 11.8 Å². The Hall–Kier alpha value is -2.78. The highest BCUT2D eigenvalue weighted by molar-refractivity contribution is 5.92. The van der Waals surface area contributed by atoms with Gasteiger partial charge in [0.05, 0.1) is 17.6 Å². The molecule has 0 bridgehead atoms. The van der Waals surface area contributed by atoms with E-state index in [1.807, 2.05) is 20.8 Å². The molecule has 0 aromatic carbocycles. The van der Waals surface area contributed by atoms with Crippen molar-refractivity contribution in [2.45, 2.75) is 40.2 Å². The van der Waals surface area contributed by atoms with Crippen molar-refractivity contribution in [3.8, 4) is 0 Å². The quantitative estimate of drug-likeness (QED) is 0.819. The number of carbonyl (C=O) groups excluding carboxylic acids is 2. The van der Waals surface area contributed by atoms with Gasteiger partial charge >= 0.3 is 0 Å². The Kier molecular flexibility index (Phi) is 5.73. The van der Waals surface area contributed by atoms with E-state index in [0.717, 1.165) is 0 Å². The summed E-state index contributed by atoms with van der Waals surface area (Å²) in [6, 6.07) is 0. The maximum absolute atomic E-state index is 12.9. The smallest absolute Gasteiger partial charge is 0.284 e. The van der Waals surface area contributed by atoms with Gasteiger partial charge in [0.1, 0.15) is 6.54 Å². The van der Waals surface area contributed by atoms with E-state index < -0.39 is 18.0 Å². The lowest BCUT2D eigenvalue weighted by molar-refractivity contribution is -0.118. The number of anilines is 2. The van der Waals surface area contributed by atoms with Crippen LogP contribution in [-0.4, -0.2) is 31.4 Å². The maximum Gasteiger partial charge on any atom is 0.284 e. The van der Waals surface area contributed by atoms with Crippen LogP contribution in [0.4, 0.5) is 20.2 Å². The second kappa shape index (κ2) is 7.63. The molecule has 26 heavy (non-hydrogen) atoms. The van der Waals surface area contributed by atoms with Crippen LogP contribution in [0.5, 0.6) is 0 Å². The van der Waals surface area contributed by atoms with Crippen LogP contribution in [0.2, 0.25) is 0 Å². The summed E-state index contributed by atoms with van der Waals surface area (Å²) < 4.78 is 28.3. The second-order valence-corrected chi connectivity index (χ2v) is 7.16. The largest absolute Gasteiger partial charge is 0.323 e. The van der Waals surface area contributed by atoms with E-state index in [1.54, 1.807) is 0 Å². The van der Waals surface area contributed by atoms with Gasteiger partial charge in [-0.1, -0.05) is 20.8 Å². The van der Waals surface area contributed by atoms with E-state index in [1.165, 1.54) is 35.0 Å². The zero-order valence-corrected chi connectivity index (χ0v) is 15.1. The highest BCUT2D eigenvalue weighted by Gasteiger charge is 2.20. The first-order chi connectivity index (χ1) is 12.0. The second-order valence-electron chi connectivity index (χ2n) is 7.16. The summed E-state index contributed by atoms with van der Waals surface area (Å²) in [6.07, 6.45) is 1.78. The number of aryl methyl sites for hydroxylation is 1. The molecule has 2 aromatic heterocycles. The fourth-order valence-corrected chi connectivity index (χ4v) is 2.30. The molecule has 0 atom stereocenters. The molecule has 2 amide bonds. The number of aromatic nitrogens is 4. The fraction of sp³-hybridized carbons (Fsp3) is 0.500. The zero-order chi connectivity index (χ0) is 19.5. The molecule has 2 aromatic rings. The number of hydrogen-bond acceptors (Lipinski definition) is 4. The number of nitrogens with one attached hydrogen (secondary N) is 2. The van der Waals surface area contributed by atoms with Gasteiger partial charge in [0, 0.05) is 25.9 Å². The van der Waals surface area contributed by atoms with E-state index in [4.69, 9.17) is 0 Å². The normalized spacial score (nSPS) is 11.7. The molecule has 0 saturated heterocycles. The average Bonchev–Trinajstić information content (AvgIpc) is 3.03. The number of nitrogens with zero attached hydrogens (tertiary/aromatic N) is 4. The molecule has 2 N–H and O–H groups in total. The van der Waals surface area contributed by atoms with Crippen LogP contribution in [0, 0.1) is 5.41 Å². The van der Waals surface area contributed by atoms with E-state index in [9.17, 15) is 18.4 Å². The van der Waals surface area contributed by atoms with Crippen molar-refractivity contribution in [2.24, 2.45) is 12.5 Å². The Balaban J connectivity index is 1.94. The summed E-state index contributed by atoms with van der Waals surface area (Å²) in [5, 5.41) is 12.7. The Morgan fingerprint density at radius 1 is 1.19 bits per heavy atom. The molecule has 2 heterocycles. The molecule has 0 aliphatic carbocycles. The van der Waals surface area contributed by atoms with Crippen molar-refractivity contribution >= 4 is 23.2 Å². The van der Waals surface area contributed by atoms with E-state index >= 15 is 0 Å². The van der Waals surface area contributed by atoms with Crippen LogP contribution in [0.1, 0.15) is 39.3 Å². The molecule has 0 spiro atoms. The minimum Gasteiger partial charge on any atom is -0.323 e. The van der Waals surface area contributed by atoms with Gasteiger partial charge in [-0.15, -0.1) is 0 Å². The topological polar surface area (TPSA) is 93.8 Å². The lowest BCUT2D eigenvalue weighted by Crippen LogP contribution is -2.20. The Bertz CT molecular complexity index is 791. The monoisotopic (exact) mass is 368 g/mol. The lowest BCUT2D eigenvalue weighted by atomic mass is 9.92. The SMILES string of the molecule is Cn1cc(NC(=O)Cn2cc(NC(=O)CC(C)(C)C)cn2)c(C(F)F)n1. The molecule has 2 rings (SSSR count). The molecular formula is C16H22F2N6O2. The molecule has 0 saturated carbocycles. The number of amides is 2. The third kappa shape index (κ3) is 5.64. The number of halogens is 2. The standard InChI is InChI=1S/C16H22F2N6O2/c1-16(2,3)5-12(25)20-10-6-19-24(7-10)9-13(26)21-11-8-23(4)22-14(11)15(17)18/h6-8,15H,5,9H2,1-4H3,(H,20,25)(H,21,26). The van der Waals surface area contributed by atoms with Gasteiger partial charge in [-0.05, 0) is 5.41 Å². The first-order valence-corrected chi connectivity index (χ1v) is 7.97. The number of hydrogen-bond donors (Lipinski definition) is 2. The van der Waals surface area contributed by atoms with Gasteiger partial charge in [0.15, 0.2) is 5.69 Å². The van der Waals surface area contributed by atoms with E-state index in [2.05, 4.69) is 20.8 Å². The minimum atomic E-state index is -2.79. The lowest BCUT2D eigenvalue weighted by Gasteiger charge is -2.16. The summed E-state index contributed by atoms with van der Waals surface area (Å²) in [6.45, 7) is 5.66. The first-order valence-electron chi connectivity index (χ1n) is 7.97. The summed E-state index contributed by atoms with van der Waals surface area (Å²) in [5.41, 5.74) is -0.219. The molecule has 0 aliphatic heterocycles. The first kappa shape index (κ1) is 19.5. The summed E-state index contributed by atoms with van der Waals surface area (Å²) >= 11 is 0.